The molecule has 4 heteroatoms. The van der Waals surface area contributed by atoms with Crippen LogP contribution in [0, 0.1) is 0 Å². The Morgan fingerprint density at radius 1 is 1.56 bits per heavy atom. The van der Waals surface area contributed by atoms with Crippen molar-refractivity contribution in [2.24, 2.45) is 0 Å². The predicted octanol–water partition coefficient (Wildman–Crippen LogP) is 3.23. The second kappa shape index (κ2) is 5.85. The Labute approximate surface area is 116 Å². The molecule has 18 heavy (non-hydrogen) atoms. The number of nitrogens with zero attached hydrogens (tertiary/aromatic N) is 1. The predicted molar refractivity (Wildman–Crippen MR) is 74.7 cm³/mol. The van der Waals surface area contributed by atoms with Crippen LogP contribution in [0.25, 0.3) is 0 Å². The molecule has 0 spiro atoms. The van der Waals surface area contributed by atoms with E-state index in [1.54, 1.807) is 0 Å². The average molecular weight is 312 g/mol. The molecule has 1 N–H and O–H groups in total. The Morgan fingerprint density at radius 2 is 2.33 bits per heavy atom. The van der Waals surface area contributed by atoms with E-state index in [9.17, 15) is 4.79 Å². The quantitative estimate of drug-likeness (QED) is 0.907. The van der Waals surface area contributed by atoms with E-state index in [-0.39, 0.29) is 6.42 Å². The van der Waals surface area contributed by atoms with E-state index < -0.39 is 5.97 Å². The van der Waals surface area contributed by atoms with E-state index in [1.165, 1.54) is 15.6 Å². The standard InChI is InChI=1S/C14H18BrNO2/c1-2-16(9-8-14(17)18)13-7-6-10-11(13)4-3-5-12(10)15/h3-5,13H,2,6-9H2,1H3,(H,17,18). The van der Waals surface area contributed by atoms with Crippen molar-refractivity contribution in [1.82, 2.24) is 4.90 Å². The Kier molecular flexibility index (Phi) is 4.40. The van der Waals surface area contributed by atoms with Crippen LogP contribution in [0.15, 0.2) is 22.7 Å². The van der Waals surface area contributed by atoms with Gasteiger partial charge in [-0.15, -0.1) is 0 Å². The fourth-order valence-corrected chi connectivity index (χ4v) is 3.32. The van der Waals surface area contributed by atoms with Crippen LogP contribution in [0.5, 0.6) is 0 Å². The van der Waals surface area contributed by atoms with Gasteiger partial charge >= 0.3 is 5.97 Å². The van der Waals surface area contributed by atoms with Crippen molar-refractivity contribution >= 4 is 21.9 Å². The number of carbonyl (C=O) groups is 1. The number of hydrogen-bond acceptors (Lipinski definition) is 2. The number of carboxylic acid groups (broad SMARTS) is 1. The van der Waals surface area contributed by atoms with Crippen LogP contribution in [0.2, 0.25) is 0 Å². The van der Waals surface area contributed by atoms with Gasteiger partial charge in [-0.25, -0.2) is 0 Å². The lowest BCUT2D eigenvalue weighted by Gasteiger charge is -2.27. The summed E-state index contributed by atoms with van der Waals surface area (Å²) in [6, 6.07) is 6.68. The van der Waals surface area contributed by atoms with E-state index >= 15 is 0 Å². The van der Waals surface area contributed by atoms with Gasteiger partial charge in [-0.3, -0.25) is 9.69 Å². The maximum absolute atomic E-state index is 10.7. The summed E-state index contributed by atoms with van der Waals surface area (Å²) in [7, 11) is 0. The zero-order chi connectivity index (χ0) is 13.1. The first-order chi connectivity index (χ1) is 8.63. The van der Waals surface area contributed by atoms with Crippen LogP contribution in [0.3, 0.4) is 0 Å². The molecule has 0 aromatic heterocycles. The fourth-order valence-electron chi connectivity index (χ4n) is 2.74. The Hall–Kier alpha value is -0.870. The van der Waals surface area contributed by atoms with Gasteiger partial charge in [-0.2, -0.15) is 0 Å². The average Bonchev–Trinajstić information content (AvgIpc) is 2.75. The summed E-state index contributed by atoms with van der Waals surface area (Å²) in [5.74, 6) is -0.721. The SMILES string of the molecule is CCN(CCC(=O)O)C1CCc2c(Br)cccc21. The zero-order valence-electron chi connectivity index (χ0n) is 10.5. The highest BCUT2D eigenvalue weighted by molar-refractivity contribution is 9.10. The molecule has 2 rings (SSSR count). The number of benzene rings is 1. The van der Waals surface area contributed by atoms with E-state index in [0.29, 0.717) is 12.6 Å². The largest absolute Gasteiger partial charge is 0.481 e. The molecule has 1 atom stereocenters. The molecule has 0 fully saturated rings. The molecule has 0 bridgehead atoms. The van der Waals surface area contributed by atoms with Gasteiger partial charge in [0.1, 0.15) is 0 Å². The molecule has 0 heterocycles. The first-order valence-electron chi connectivity index (χ1n) is 6.36. The van der Waals surface area contributed by atoms with E-state index in [0.717, 1.165) is 19.4 Å². The summed E-state index contributed by atoms with van der Waals surface area (Å²) in [5.41, 5.74) is 2.74. The summed E-state index contributed by atoms with van der Waals surface area (Å²) in [6.07, 6.45) is 2.38. The fraction of sp³-hybridized carbons (Fsp3) is 0.500. The van der Waals surface area contributed by atoms with Gasteiger partial charge in [0.05, 0.1) is 6.42 Å². The second-order valence-electron chi connectivity index (χ2n) is 4.63. The van der Waals surface area contributed by atoms with Crippen LogP contribution in [-0.4, -0.2) is 29.1 Å². The minimum Gasteiger partial charge on any atom is -0.481 e. The molecule has 98 valence electrons. The van der Waals surface area contributed by atoms with Crippen molar-refractivity contribution in [2.75, 3.05) is 13.1 Å². The molecular weight excluding hydrogens is 294 g/mol. The molecule has 0 saturated heterocycles. The van der Waals surface area contributed by atoms with Crippen molar-refractivity contribution in [3.8, 4) is 0 Å². The van der Waals surface area contributed by atoms with Gasteiger partial charge in [0.25, 0.3) is 0 Å². The summed E-state index contributed by atoms with van der Waals surface area (Å²) in [5, 5.41) is 8.81. The zero-order valence-corrected chi connectivity index (χ0v) is 12.1. The number of halogens is 1. The summed E-state index contributed by atoms with van der Waals surface area (Å²) in [6.45, 7) is 3.62. The van der Waals surface area contributed by atoms with E-state index in [2.05, 4.69) is 46.0 Å². The monoisotopic (exact) mass is 311 g/mol. The minimum absolute atomic E-state index is 0.216. The Morgan fingerprint density at radius 3 is 3.00 bits per heavy atom. The maximum atomic E-state index is 10.7. The van der Waals surface area contributed by atoms with Crippen molar-refractivity contribution in [1.29, 1.82) is 0 Å². The van der Waals surface area contributed by atoms with Gasteiger partial charge in [-0.05, 0) is 36.6 Å². The maximum Gasteiger partial charge on any atom is 0.304 e. The third kappa shape index (κ3) is 2.75. The minimum atomic E-state index is -0.721. The molecule has 1 aliphatic rings. The highest BCUT2D eigenvalue weighted by Gasteiger charge is 2.28. The first-order valence-corrected chi connectivity index (χ1v) is 7.16. The van der Waals surface area contributed by atoms with Crippen molar-refractivity contribution < 1.29 is 9.90 Å². The smallest absolute Gasteiger partial charge is 0.304 e. The molecule has 3 nitrogen and oxygen atoms in total. The molecule has 0 radical (unpaired) electrons. The molecular formula is C14H18BrNO2. The normalized spacial score (nSPS) is 18.1. The summed E-state index contributed by atoms with van der Waals surface area (Å²) in [4.78, 5) is 13.0. The van der Waals surface area contributed by atoms with Crippen molar-refractivity contribution in [3.05, 3.63) is 33.8 Å². The molecule has 0 amide bonds. The molecule has 1 aromatic carbocycles. The van der Waals surface area contributed by atoms with Crippen molar-refractivity contribution in [3.63, 3.8) is 0 Å². The lowest BCUT2D eigenvalue weighted by molar-refractivity contribution is -0.137. The lowest BCUT2D eigenvalue weighted by atomic mass is 10.1. The van der Waals surface area contributed by atoms with Crippen LogP contribution in [-0.2, 0) is 11.2 Å². The van der Waals surface area contributed by atoms with Gasteiger partial charge < -0.3 is 5.11 Å². The van der Waals surface area contributed by atoms with Crippen LogP contribution in [0.1, 0.15) is 36.9 Å². The Bertz CT molecular complexity index is 447. The van der Waals surface area contributed by atoms with Gasteiger partial charge in [0, 0.05) is 17.1 Å². The molecule has 0 aliphatic heterocycles. The van der Waals surface area contributed by atoms with Crippen LogP contribution >= 0.6 is 15.9 Å². The lowest BCUT2D eigenvalue weighted by Crippen LogP contribution is -2.29. The van der Waals surface area contributed by atoms with Gasteiger partial charge in [0.15, 0.2) is 0 Å². The molecule has 1 aromatic rings. The van der Waals surface area contributed by atoms with Crippen LogP contribution in [0.4, 0.5) is 0 Å². The third-order valence-electron chi connectivity index (χ3n) is 3.64. The van der Waals surface area contributed by atoms with Crippen LogP contribution < -0.4 is 0 Å². The number of rotatable bonds is 5. The van der Waals surface area contributed by atoms with Gasteiger partial charge in [0.2, 0.25) is 0 Å². The summed E-state index contributed by atoms with van der Waals surface area (Å²) >= 11 is 3.60. The Balaban J connectivity index is 2.15. The second-order valence-corrected chi connectivity index (χ2v) is 5.49. The number of hydrogen-bond donors (Lipinski definition) is 1. The molecule has 1 aliphatic carbocycles. The topological polar surface area (TPSA) is 40.5 Å². The number of carboxylic acids is 1. The molecule has 0 saturated carbocycles. The van der Waals surface area contributed by atoms with E-state index in [4.69, 9.17) is 5.11 Å². The molecule has 1 unspecified atom stereocenters. The highest BCUT2D eigenvalue weighted by Crippen LogP contribution is 2.39. The summed E-state index contributed by atoms with van der Waals surface area (Å²) < 4.78 is 1.18. The van der Waals surface area contributed by atoms with E-state index in [1.807, 2.05) is 0 Å². The number of fused-ring (bicyclic) bond motifs is 1. The first kappa shape index (κ1) is 13.6. The van der Waals surface area contributed by atoms with Gasteiger partial charge in [-0.1, -0.05) is 35.0 Å². The third-order valence-corrected chi connectivity index (χ3v) is 4.38. The van der Waals surface area contributed by atoms with Crippen molar-refractivity contribution in [2.45, 2.75) is 32.2 Å². The number of aliphatic carboxylic acids is 1. The highest BCUT2D eigenvalue weighted by atomic mass is 79.9.